The largest absolute Gasteiger partial charge is 0.382 e. The summed E-state index contributed by atoms with van der Waals surface area (Å²) in [4.78, 5) is 0. The highest BCUT2D eigenvalue weighted by Gasteiger charge is 2.04. The van der Waals surface area contributed by atoms with Gasteiger partial charge in [-0.2, -0.15) is 0 Å². The third kappa shape index (κ3) is 4.39. The van der Waals surface area contributed by atoms with Crippen LogP contribution in [0.25, 0.3) is 0 Å². The second-order valence-electron chi connectivity index (χ2n) is 3.54. The van der Waals surface area contributed by atoms with Crippen molar-refractivity contribution in [3.8, 4) is 0 Å². The first-order valence-corrected chi connectivity index (χ1v) is 6.54. The zero-order chi connectivity index (χ0) is 11.3. The number of benzene rings is 1. The lowest BCUT2D eigenvalue weighted by Crippen LogP contribution is -2.14. The lowest BCUT2D eigenvalue weighted by molar-refractivity contribution is 0.718. The molecular weight excluding hydrogens is 318 g/mol. The highest BCUT2D eigenvalue weighted by Crippen LogP contribution is 2.27. The van der Waals surface area contributed by atoms with Crippen LogP contribution in [0, 0.1) is 0 Å². The molecule has 0 aliphatic carbocycles. The predicted molar refractivity (Wildman–Crippen MR) is 74.4 cm³/mol. The van der Waals surface area contributed by atoms with E-state index in [-0.39, 0.29) is 0 Å². The average molecular weight is 333 g/mol. The first-order chi connectivity index (χ1) is 7.13. The molecule has 1 nitrogen and oxygen atoms in total. The number of hydrogen-bond acceptors (Lipinski definition) is 1. The molecule has 0 heterocycles. The summed E-state index contributed by atoms with van der Waals surface area (Å²) in [6.45, 7) is 5.90. The standard InChI is InChI=1S/C12H15Br2N/c1-3-4-5-9(2)15-12-8-10(13)6-7-11(12)14/h3,6-9,15H,1,4-5H2,2H3. The van der Waals surface area contributed by atoms with E-state index in [1.807, 2.05) is 18.2 Å². The molecule has 1 aromatic carbocycles. The van der Waals surface area contributed by atoms with Crippen LogP contribution >= 0.6 is 31.9 Å². The Kier molecular flexibility index (Phi) is 5.40. The molecule has 0 radical (unpaired) electrons. The summed E-state index contributed by atoms with van der Waals surface area (Å²) in [7, 11) is 0. The van der Waals surface area contributed by atoms with Gasteiger partial charge < -0.3 is 5.32 Å². The fourth-order valence-corrected chi connectivity index (χ4v) is 2.04. The van der Waals surface area contributed by atoms with Gasteiger partial charge in [0.25, 0.3) is 0 Å². The summed E-state index contributed by atoms with van der Waals surface area (Å²) in [5.41, 5.74) is 1.13. The molecule has 82 valence electrons. The number of nitrogens with one attached hydrogen (secondary N) is 1. The van der Waals surface area contributed by atoms with Crippen molar-refractivity contribution < 1.29 is 0 Å². The molecule has 0 saturated carbocycles. The van der Waals surface area contributed by atoms with Gasteiger partial charge in [-0.3, -0.25) is 0 Å². The minimum atomic E-state index is 0.452. The molecule has 0 amide bonds. The Morgan fingerprint density at radius 3 is 2.87 bits per heavy atom. The SMILES string of the molecule is C=CCCC(C)Nc1cc(Br)ccc1Br. The first-order valence-electron chi connectivity index (χ1n) is 4.96. The minimum Gasteiger partial charge on any atom is -0.382 e. The lowest BCUT2D eigenvalue weighted by atomic mass is 10.1. The van der Waals surface area contributed by atoms with Crippen LogP contribution in [0.5, 0.6) is 0 Å². The van der Waals surface area contributed by atoms with Gasteiger partial charge in [-0.25, -0.2) is 0 Å². The Morgan fingerprint density at radius 1 is 1.47 bits per heavy atom. The maximum Gasteiger partial charge on any atom is 0.0497 e. The van der Waals surface area contributed by atoms with Crippen LogP contribution in [0.3, 0.4) is 0 Å². The fraction of sp³-hybridized carbons (Fsp3) is 0.333. The van der Waals surface area contributed by atoms with E-state index in [0.29, 0.717) is 6.04 Å². The number of hydrogen-bond donors (Lipinski definition) is 1. The van der Waals surface area contributed by atoms with Gasteiger partial charge >= 0.3 is 0 Å². The minimum absolute atomic E-state index is 0.452. The molecule has 0 aliphatic heterocycles. The molecule has 0 bridgehead atoms. The van der Waals surface area contributed by atoms with Crippen molar-refractivity contribution in [2.75, 3.05) is 5.32 Å². The molecule has 1 N–H and O–H groups in total. The van der Waals surface area contributed by atoms with E-state index in [2.05, 4.69) is 56.7 Å². The van der Waals surface area contributed by atoms with Crippen molar-refractivity contribution in [2.24, 2.45) is 0 Å². The molecule has 1 atom stereocenters. The van der Waals surface area contributed by atoms with Crippen LogP contribution in [0.2, 0.25) is 0 Å². The summed E-state index contributed by atoms with van der Waals surface area (Å²) in [5, 5.41) is 3.46. The zero-order valence-corrected chi connectivity index (χ0v) is 11.9. The molecule has 3 heteroatoms. The quantitative estimate of drug-likeness (QED) is 0.750. The maximum atomic E-state index is 3.73. The van der Waals surface area contributed by atoms with Crippen LogP contribution in [0.15, 0.2) is 39.8 Å². The molecule has 0 fully saturated rings. The van der Waals surface area contributed by atoms with E-state index >= 15 is 0 Å². The molecule has 15 heavy (non-hydrogen) atoms. The Morgan fingerprint density at radius 2 is 2.20 bits per heavy atom. The molecule has 1 aromatic rings. The van der Waals surface area contributed by atoms with E-state index in [4.69, 9.17) is 0 Å². The van der Waals surface area contributed by atoms with Gasteiger partial charge in [0, 0.05) is 20.7 Å². The van der Waals surface area contributed by atoms with Gasteiger partial charge in [-0.05, 0) is 53.9 Å². The van der Waals surface area contributed by atoms with Crippen LogP contribution in [-0.2, 0) is 0 Å². The van der Waals surface area contributed by atoms with Crippen LogP contribution < -0.4 is 5.32 Å². The Bertz CT molecular complexity index is 336. The molecular formula is C12H15Br2N. The summed E-state index contributed by atoms with van der Waals surface area (Å²) < 4.78 is 2.18. The van der Waals surface area contributed by atoms with Crippen molar-refractivity contribution in [3.63, 3.8) is 0 Å². The van der Waals surface area contributed by atoms with E-state index < -0.39 is 0 Å². The van der Waals surface area contributed by atoms with Gasteiger partial charge in [-0.15, -0.1) is 6.58 Å². The third-order valence-corrected chi connectivity index (χ3v) is 3.32. The van der Waals surface area contributed by atoms with Crippen molar-refractivity contribution >= 4 is 37.5 Å². The molecule has 0 aromatic heterocycles. The Labute approximate surface area is 108 Å². The third-order valence-electron chi connectivity index (χ3n) is 2.13. The number of anilines is 1. The average Bonchev–Trinajstić information content (AvgIpc) is 2.20. The highest BCUT2D eigenvalue weighted by atomic mass is 79.9. The molecule has 1 rings (SSSR count). The van der Waals surface area contributed by atoms with E-state index in [1.54, 1.807) is 0 Å². The van der Waals surface area contributed by atoms with Gasteiger partial charge in [0.05, 0.1) is 0 Å². The van der Waals surface area contributed by atoms with Gasteiger partial charge in [-0.1, -0.05) is 22.0 Å². The molecule has 0 spiro atoms. The van der Waals surface area contributed by atoms with E-state index in [1.165, 1.54) is 0 Å². The summed E-state index contributed by atoms with van der Waals surface area (Å²) in [6, 6.07) is 6.58. The van der Waals surface area contributed by atoms with E-state index in [0.717, 1.165) is 27.5 Å². The van der Waals surface area contributed by atoms with Crippen molar-refractivity contribution in [3.05, 3.63) is 39.8 Å². The number of halogens is 2. The monoisotopic (exact) mass is 331 g/mol. The fourth-order valence-electron chi connectivity index (χ4n) is 1.31. The van der Waals surface area contributed by atoms with Crippen molar-refractivity contribution in [2.45, 2.75) is 25.8 Å². The van der Waals surface area contributed by atoms with Crippen LogP contribution in [-0.4, -0.2) is 6.04 Å². The second-order valence-corrected chi connectivity index (χ2v) is 5.31. The van der Waals surface area contributed by atoms with Crippen molar-refractivity contribution in [1.82, 2.24) is 0 Å². The molecule has 0 saturated heterocycles. The number of rotatable bonds is 5. The summed E-state index contributed by atoms with van der Waals surface area (Å²) in [6.07, 6.45) is 4.09. The smallest absolute Gasteiger partial charge is 0.0497 e. The van der Waals surface area contributed by atoms with Gasteiger partial charge in [0.1, 0.15) is 0 Å². The molecule has 0 aliphatic rings. The number of allylic oxidation sites excluding steroid dienone is 1. The van der Waals surface area contributed by atoms with Gasteiger partial charge in [0.15, 0.2) is 0 Å². The van der Waals surface area contributed by atoms with Crippen LogP contribution in [0.4, 0.5) is 5.69 Å². The zero-order valence-electron chi connectivity index (χ0n) is 8.76. The lowest BCUT2D eigenvalue weighted by Gasteiger charge is -2.15. The predicted octanol–water partition coefficient (Wildman–Crippen LogP) is 4.98. The molecule has 1 unspecified atom stereocenters. The van der Waals surface area contributed by atoms with Gasteiger partial charge in [0.2, 0.25) is 0 Å². The first kappa shape index (κ1) is 12.8. The topological polar surface area (TPSA) is 12.0 Å². The highest BCUT2D eigenvalue weighted by molar-refractivity contribution is 9.11. The summed E-state index contributed by atoms with van der Waals surface area (Å²) >= 11 is 6.99. The maximum absolute atomic E-state index is 3.73. The second kappa shape index (κ2) is 6.33. The van der Waals surface area contributed by atoms with E-state index in [9.17, 15) is 0 Å². The Hall–Kier alpha value is -0.280. The normalized spacial score (nSPS) is 12.2. The van der Waals surface area contributed by atoms with Crippen LogP contribution in [0.1, 0.15) is 19.8 Å². The summed E-state index contributed by atoms with van der Waals surface area (Å²) in [5.74, 6) is 0. The van der Waals surface area contributed by atoms with Crippen molar-refractivity contribution in [1.29, 1.82) is 0 Å². The Balaban J connectivity index is 2.62.